The lowest BCUT2D eigenvalue weighted by Gasteiger charge is -2.53. The Hall–Kier alpha value is -0.280. The lowest BCUT2D eigenvalue weighted by atomic mass is 9.59. The first-order chi connectivity index (χ1) is 8.21. The van der Waals surface area contributed by atoms with Crippen molar-refractivity contribution in [2.24, 2.45) is 11.3 Å². The summed E-state index contributed by atoms with van der Waals surface area (Å²) in [4.78, 5) is 14.6. The Labute approximate surface area is 116 Å². The Morgan fingerprint density at radius 2 is 2.06 bits per heavy atom. The van der Waals surface area contributed by atoms with E-state index in [1.54, 1.807) is 0 Å². The molecule has 104 valence electrons. The van der Waals surface area contributed by atoms with Crippen LogP contribution < -0.4 is 5.32 Å². The quantitative estimate of drug-likeness (QED) is 0.794. The summed E-state index contributed by atoms with van der Waals surface area (Å²) in [6.07, 6.45) is 7.46. The highest BCUT2D eigenvalue weighted by molar-refractivity contribution is 5.85. The molecule has 3 aliphatic rings. The normalized spacial score (nSPS) is 33.9. The Bertz CT molecular complexity index is 311. The number of hydrogen-bond donors (Lipinski definition) is 1. The lowest BCUT2D eigenvalue weighted by molar-refractivity contribution is -0.141. The number of nitrogens with zero attached hydrogens (tertiary/aromatic N) is 1. The zero-order chi connectivity index (χ0) is 11.9. The minimum Gasteiger partial charge on any atom is -0.341 e. The highest BCUT2D eigenvalue weighted by atomic mass is 35.5. The fraction of sp³-hybridized carbons (Fsp3) is 0.929. The van der Waals surface area contributed by atoms with Gasteiger partial charge in [-0.05, 0) is 50.0 Å². The van der Waals surface area contributed by atoms with Crippen molar-refractivity contribution in [2.45, 2.75) is 51.5 Å². The van der Waals surface area contributed by atoms with Crippen LogP contribution >= 0.6 is 12.4 Å². The van der Waals surface area contributed by atoms with Crippen LogP contribution in [0.5, 0.6) is 0 Å². The molecule has 1 aliphatic carbocycles. The molecule has 3 nitrogen and oxygen atoms in total. The van der Waals surface area contributed by atoms with Crippen molar-refractivity contribution in [2.75, 3.05) is 19.6 Å². The van der Waals surface area contributed by atoms with Gasteiger partial charge in [0.15, 0.2) is 0 Å². The zero-order valence-electron chi connectivity index (χ0n) is 11.3. The summed E-state index contributed by atoms with van der Waals surface area (Å²) in [6, 6.07) is 0.125. The van der Waals surface area contributed by atoms with Crippen molar-refractivity contribution in [1.82, 2.24) is 10.2 Å². The molecule has 0 radical (unpaired) electrons. The van der Waals surface area contributed by atoms with Crippen LogP contribution in [-0.2, 0) is 4.79 Å². The van der Waals surface area contributed by atoms with E-state index in [1.165, 1.54) is 25.7 Å². The summed E-state index contributed by atoms with van der Waals surface area (Å²) in [5.74, 6) is 1.19. The van der Waals surface area contributed by atoms with Crippen LogP contribution in [0, 0.1) is 11.3 Å². The minimum atomic E-state index is 0. The molecule has 18 heavy (non-hydrogen) atoms. The van der Waals surface area contributed by atoms with Gasteiger partial charge in [-0.3, -0.25) is 4.79 Å². The molecule has 1 saturated carbocycles. The SMILES string of the molecule is CC1CCN(C(=O)C2CCCN2)CC12CCC2.Cl. The van der Waals surface area contributed by atoms with Crippen LogP contribution in [-0.4, -0.2) is 36.5 Å². The van der Waals surface area contributed by atoms with Gasteiger partial charge in [-0.25, -0.2) is 0 Å². The maximum atomic E-state index is 12.4. The molecule has 1 spiro atoms. The zero-order valence-corrected chi connectivity index (χ0v) is 12.1. The molecule has 4 heteroatoms. The molecular formula is C14H25ClN2O. The number of halogens is 1. The monoisotopic (exact) mass is 272 g/mol. The first kappa shape index (κ1) is 14.1. The maximum Gasteiger partial charge on any atom is 0.239 e. The van der Waals surface area contributed by atoms with Gasteiger partial charge in [0, 0.05) is 13.1 Å². The Kier molecular flexibility index (Phi) is 4.22. The van der Waals surface area contributed by atoms with Crippen LogP contribution in [0.2, 0.25) is 0 Å². The predicted molar refractivity (Wildman–Crippen MR) is 74.9 cm³/mol. The van der Waals surface area contributed by atoms with Gasteiger partial charge < -0.3 is 10.2 Å². The molecule has 3 rings (SSSR count). The van der Waals surface area contributed by atoms with Crippen molar-refractivity contribution in [3.63, 3.8) is 0 Å². The van der Waals surface area contributed by atoms with Crippen LogP contribution in [0.15, 0.2) is 0 Å². The van der Waals surface area contributed by atoms with E-state index in [4.69, 9.17) is 0 Å². The van der Waals surface area contributed by atoms with Gasteiger partial charge in [-0.15, -0.1) is 12.4 Å². The second kappa shape index (κ2) is 5.38. The second-order valence-corrected chi connectivity index (χ2v) is 6.31. The van der Waals surface area contributed by atoms with Crippen LogP contribution in [0.4, 0.5) is 0 Å². The molecule has 0 aromatic rings. The van der Waals surface area contributed by atoms with E-state index in [2.05, 4.69) is 17.1 Å². The van der Waals surface area contributed by atoms with Gasteiger partial charge in [0.2, 0.25) is 5.91 Å². The van der Waals surface area contributed by atoms with Gasteiger partial charge in [0.1, 0.15) is 0 Å². The van der Waals surface area contributed by atoms with E-state index >= 15 is 0 Å². The highest BCUT2D eigenvalue weighted by Gasteiger charge is 2.47. The fourth-order valence-corrected chi connectivity index (χ4v) is 3.86. The molecule has 2 saturated heterocycles. The lowest BCUT2D eigenvalue weighted by Crippen LogP contribution is -2.56. The van der Waals surface area contributed by atoms with E-state index in [0.29, 0.717) is 11.3 Å². The number of amides is 1. The molecule has 2 unspecified atom stereocenters. The minimum absolute atomic E-state index is 0. The van der Waals surface area contributed by atoms with E-state index in [9.17, 15) is 4.79 Å². The van der Waals surface area contributed by atoms with Gasteiger partial charge in [-0.2, -0.15) is 0 Å². The third-order valence-corrected chi connectivity index (χ3v) is 5.40. The van der Waals surface area contributed by atoms with Crippen LogP contribution in [0.3, 0.4) is 0 Å². The number of rotatable bonds is 1. The van der Waals surface area contributed by atoms with Gasteiger partial charge >= 0.3 is 0 Å². The average Bonchev–Trinajstić information content (AvgIpc) is 2.80. The van der Waals surface area contributed by atoms with Crippen molar-refractivity contribution in [1.29, 1.82) is 0 Å². The van der Waals surface area contributed by atoms with Crippen molar-refractivity contribution in [3.8, 4) is 0 Å². The maximum absolute atomic E-state index is 12.4. The molecule has 1 N–H and O–H groups in total. The topological polar surface area (TPSA) is 32.3 Å². The Balaban J connectivity index is 0.00000120. The Morgan fingerprint density at radius 1 is 1.28 bits per heavy atom. The van der Waals surface area contributed by atoms with Crippen molar-refractivity contribution in [3.05, 3.63) is 0 Å². The number of likely N-dealkylation sites (tertiary alicyclic amines) is 1. The third-order valence-electron chi connectivity index (χ3n) is 5.40. The summed E-state index contributed by atoms with van der Waals surface area (Å²) in [5, 5.41) is 3.34. The van der Waals surface area contributed by atoms with Gasteiger partial charge in [0.25, 0.3) is 0 Å². The standard InChI is InChI=1S/C14H24N2O.ClH/c1-11-5-9-16(10-14(11)6-3-7-14)13(17)12-4-2-8-15-12;/h11-12,15H,2-10H2,1H3;1H. The summed E-state index contributed by atoms with van der Waals surface area (Å²) >= 11 is 0. The number of hydrogen-bond acceptors (Lipinski definition) is 2. The molecule has 1 amide bonds. The summed E-state index contributed by atoms with van der Waals surface area (Å²) in [6.45, 7) is 5.42. The summed E-state index contributed by atoms with van der Waals surface area (Å²) in [7, 11) is 0. The van der Waals surface area contributed by atoms with E-state index in [1.807, 2.05) is 0 Å². The number of nitrogens with one attached hydrogen (secondary N) is 1. The van der Waals surface area contributed by atoms with E-state index in [-0.39, 0.29) is 18.4 Å². The molecule has 0 aromatic carbocycles. The highest BCUT2D eigenvalue weighted by Crippen LogP contribution is 2.50. The van der Waals surface area contributed by atoms with Gasteiger partial charge in [-0.1, -0.05) is 13.3 Å². The fourth-order valence-electron chi connectivity index (χ4n) is 3.86. The van der Waals surface area contributed by atoms with E-state index in [0.717, 1.165) is 38.4 Å². The Morgan fingerprint density at radius 3 is 2.61 bits per heavy atom. The van der Waals surface area contributed by atoms with E-state index < -0.39 is 0 Å². The van der Waals surface area contributed by atoms with Crippen LogP contribution in [0.1, 0.15) is 45.4 Å². The molecular weight excluding hydrogens is 248 g/mol. The number of piperidine rings is 1. The molecule has 2 aliphatic heterocycles. The summed E-state index contributed by atoms with van der Waals surface area (Å²) < 4.78 is 0. The first-order valence-electron chi connectivity index (χ1n) is 7.23. The molecule has 0 aromatic heterocycles. The second-order valence-electron chi connectivity index (χ2n) is 6.31. The van der Waals surface area contributed by atoms with Gasteiger partial charge in [0.05, 0.1) is 6.04 Å². The van der Waals surface area contributed by atoms with Crippen LogP contribution in [0.25, 0.3) is 0 Å². The molecule has 2 heterocycles. The summed E-state index contributed by atoms with van der Waals surface area (Å²) in [5.41, 5.74) is 0.493. The molecule has 3 fully saturated rings. The smallest absolute Gasteiger partial charge is 0.239 e. The van der Waals surface area contributed by atoms with Crippen molar-refractivity contribution < 1.29 is 4.79 Å². The third kappa shape index (κ3) is 2.27. The van der Waals surface area contributed by atoms with Crippen molar-refractivity contribution >= 4 is 18.3 Å². The number of carbonyl (C=O) groups is 1. The molecule has 2 atom stereocenters. The number of carbonyl (C=O) groups excluding carboxylic acids is 1. The predicted octanol–water partition coefficient (Wildman–Crippen LogP) is 2.20. The molecule has 0 bridgehead atoms. The largest absolute Gasteiger partial charge is 0.341 e. The first-order valence-corrected chi connectivity index (χ1v) is 7.23. The average molecular weight is 273 g/mol.